The normalized spacial score (nSPS) is 15.4. The Labute approximate surface area is 91.4 Å². The molecule has 2 unspecified atom stereocenters. The maximum Gasteiger partial charge on any atom is 0.181 e. The lowest BCUT2D eigenvalue weighted by Crippen LogP contribution is -2.15. The van der Waals surface area contributed by atoms with E-state index in [-0.39, 0.29) is 11.4 Å². The largest absolute Gasteiger partial charge is 0.392 e. The number of imidazole rings is 1. The van der Waals surface area contributed by atoms with E-state index in [4.69, 9.17) is 0 Å². The van der Waals surface area contributed by atoms with Crippen molar-refractivity contribution in [2.24, 2.45) is 0 Å². The summed E-state index contributed by atoms with van der Waals surface area (Å²) in [6.07, 6.45) is 2.71. The molecule has 2 aromatic heterocycles. The Hall–Kier alpha value is -1.14. The highest BCUT2D eigenvalue weighted by Gasteiger charge is 2.14. The van der Waals surface area contributed by atoms with Crippen LogP contribution >= 0.6 is 11.8 Å². The van der Waals surface area contributed by atoms with Crippen LogP contribution < -0.4 is 0 Å². The highest BCUT2D eigenvalue weighted by atomic mass is 32.2. The quantitative estimate of drug-likeness (QED) is 0.605. The third kappa shape index (κ3) is 2.10. The second-order valence-electron chi connectivity index (χ2n) is 3.34. The van der Waals surface area contributed by atoms with E-state index >= 15 is 0 Å². The van der Waals surface area contributed by atoms with Gasteiger partial charge in [-0.3, -0.25) is 0 Å². The summed E-state index contributed by atoms with van der Waals surface area (Å²) in [6, 6.07) is 0. The third-order valence-electron chi connectivity index (χ3n) is 2.17. The molecule has 0 aromatic carbocycles. The molecule has 0 fully saturated rings. The number of aliphatic hydroxyl groups excluding tert-OH is 1. The molecule has 2 atom stereocenters. The lowest BCUT2D eigenvalue weighted by atomic mass is 10.3. The second kappa shape index (κ2) is 4.16. The van der Waals surface area contributed by atoms with Crippen molar-refractivity contribution in [1.82, 2.24) is 19.9 Å². The summed E-state index contributed by atoms with van der Waals surface area (Å²) in [5.74, 6) is 0. The van der Waals surface area contributed by atoms with Crippen LogP contribution in [0.2, 0.25) is 0 Å². The van der Waals surface area contributed by atoms with E-state index in [0.29, 0.717) is 5.65 Å². The highest BCUT2D eigenvalue weighted by molar-refractivity contribution is 8.00. The predicted molar refractivity (Wildman–Crippen MR) is 58.7 cm³/mol. The van der Waals surface area contributed by atoms with Gasteiger partial charge in [0.25, 0.3) is 0 Å². The Morgan fingerprint density at radius 1 is 1.33 bits per heavy atom. The van der Waals surface area contributed by atoms with Crippen LogP contribution in [-0.4, -0.2) is 36.4 Å². The lowest BCUT2D eigenvalue weighted by molar-refractivity contribution is 0.196. The first-order chi connectivity index (χ1) is 7.18. The van der Waals surface area contributed by atoms with Crippen LogP contribution in [-0.2, 0) is 0 Å². The van der Waals surface area contributed by atoms with E-state index in [1.807, 2.05) is 6.92 Å². The number of aromatic nitrogens is 4. The van der Waals surface area contributed by atoms with Crippen molar-refractivity contribution >= 4 is 22.9 Å². The predicted octanol–water partition coefficient (Wildman–Crippen LogP) is 1.21. The number of nitrogens with zero attached hydrogens (tertiary/aromatic N) is 3. The van der Waals surface area contributed by atoms with Gasteiger partial charge in [0.15, 0.2) is 5.65 Å². The zero-order valence-corrected chi connectivity index (χ0v) is 9.32. The van der Waals surface area contributed by atoms with Gasteiger partial charge in [0.2, 0.25) is 0 Å². The summed E-state index contributed by atoms with van der Waals surface area (Å²) >= 11 is 1.51. The van der Waals surface area contributed by atoms with Crippen LogP contribution in [0.4, 0.5) is 0 Å². The van der Waals surface area contributed by atoms with E-state index in [0.717, 1.165) is 10.5 Å². The topological polar surface area (TPSA) is 74.7 Å². The van der Waals surface area contributed by atoms with Crippen molar-refractivity contribution in [3.8, 4) is 0 Å². The average molecular weight is 224 g/mol. The number of aromatic amines is 1. The maximum absolute atomic E-state index is 9.41. The minimum Gasteiger partial charge on any atom is -0.392 e. The molecule has 2 aromatic rings. The Balaban J connectivity index is 2.31. The molecule has 80 valence electrons. The first-order valence-corrected chi connectivity index (χ1v) is 5.55. The van der Waals surface area contributed by atoms with Crippen molar-refractivity contribution in [3.05, 3.63) is 12.7 Å². The van der Waals surface area contributed by atoms with Gasteiger partial charge >= 0.3 is 0 Å². The summed E-state index contributed by atoms with van der Waals surface area (Å²) in [4.78, 5) is 15.2. The summed E-state index contributed by atoms with van der Waals surface area (Å²) in [6.45, 7) is 3.72. The number of nitrogens with one attached hydrogen (secondary N) is 1. The summed E-state index contributed by atoms with van der Waals surface area (Å²) in [7, 11) is 0. The zero-order valence-electron chi connectivity index (χ0n) is 8.51. The standard InChI is InChI=1S/C9H12N4OS/c1-5(14)6(2)15-9-7-8(11-3-10-7)12-4-13-9/h3-6,14H,1-2H3,(H,10,11,12,13). The molecule has 0 amide bonds. The summed E-state index contributed by atoms with van der Waals surface area (Å²) in [5, 5.41) is 10.3. The second-order valence-corrected chi connectivity index (χ2v) is 4.71. The number of thioether (sulfide) groups is 1. The molecule has 0 aliphatic heterocycles. The summed E-state index contributed by atoms with van der Waals surface area (Å²) < 4.78 is 0. The molecule has 0 aliphatic rings. The van der Waals surface area contributed by atoms with Crippen LogP contribution in [0.5, 0.6) is 0 Å². The van der Waals surface area contributed by atoms with Crippen LogP contribution in [0.3, 0.4) is 0 Å². The van der Waals surface area contributed by atoms with E-state index in [2.05, 4.69) is 19.9 Å². The van der Waals surface area contributed by atoms with E-state index < -0.39 is 0 Å². The number of rotatable bonds is 3. The molecule has 2 rings (SSSR count). The van der Waals surface area contributed by atoms with Crippen LogP contribution in [0.25, 0.3) is 11.2 Å². The molecule has 2 N–H and O–H groups in total. The molecule has 5 nitrogen and oxygen atoms in total. The van der Waals surface area contributed by atoms with Crippen LogP contribution in [0.1, 0.15) is 13.8 Å². The lowest BCUT2D eigenvalue weighted by Gasteiger charge is -2.12. The van der Waals surface area contributed by atoms with Gasteiger partial charge < -0.3 is 10.1 Å². The third-order valence-corrected chi connectivity index (χ3v) is 3.46. The molecule has 2 heterocycles. The molecule has 6 heteroatoms. The van der Waals surface area contributed by atoms with Gasteiger partial charge in [0.05, 0.1) is 12.4 Å². The number of hydrogen-bond donors (Lipinski definition) is 2. The molecular weight excluding hydrogens is 212 g/mol. The number of fused-ring (bicyclic) bond motifs is 1. The summed E-state index contributed by atoms with van der Waals surface area (Å²) in [5.41, 5.74) is 1.49. The molecule has 0 spiro atoms. The van der Waals surface area contributed by atoms with Crippen molar-refractivity contribution in [2.45, 2.75) is 30.2 Å². The Bertz CT molecular complexity index is 456. The maximum atomic E-state index is 9.41. The Kier molecular flexibility index (Phi) is 2.88. The van der Waals surface area contributed by atoms with Crippen LogP contribution in [0.15, 0.2) is 17.7 Å². The molecular formula is C9H12N4OS. The van der Waals surface area contributed by atoms with Gasteiger partial charge in [-0.05, 0) is 6.92 Å². The molecule has 0 radical (unpaired) electrons. The van der Waals surface area contributed by atoms with Crippen molar-refractivity contribution in [3.63, 3.8) is 0 Å². The average Bonchev–Trinajstić information content (AvgIpc) is 2.66. The van der Waals surface area contributed by atoms with Gasteiger partial charge in [-0.25, -0.2) is 15.0 Å². The van der Waals surface area contributed by atoms with Crippen molar-refractivity contribution < 1.29 is 5.11 Å². The first-order valence-electron chi connectivity index (χ1n) is 4.67. The van der Waals surface area contributed by atoms with Gasteiger partial charge in [-0.15, -0.1) is 0 Å². The van der Waals surface area contributed by atoms with Gasteiger partial charge in [0.1, 0.15) is 16.9 Å². The molecule has 15 heavy (non-hydrogen) atoms. The molecule has 0 saturated heterocycles. The number of H-pyrrole nitrogens is 1. The monoisotopic (exact) mass is 224 g/mol. The minimum atomic E-state index is -0.372. The van der Waals surface area contributed by atoms with Crippen molar-refractivity contribution in [1.29, 1.82) is 0 Å². The SMILES string of the molecule is CC(O)C(C)Sc1ncnc2nc[nH]c12. The minimum absolute atomic E-state index is 0.0893. The van der Waals surface area contributed by atoms with Crippen molar-refractivity contribution in [2.75, 3.05) is 0 Å². The van der Waals surface area contributed by atoms with Crippen LogP contribution in [0, 0.1) is 0 Å². The fourth-order valence-electron chi connectivity index (χ4n) is 1.11. The molecule has 0 saturated carbocycles. The number of hydrogen-bond acceptors (Lipinski definition) is 5. The Morgan fingerprint density at radius 2 is 2.13 bits per heavy atom. The fourth-order valence-corrected chi connectivity index (χ4v) is 2.03. The fraction of sp³-hybridized carbons (Fsp3) is 0.444. The number of aliphatic hydroxyl groups is 1. The molecule has 0 bridgehead atoms. The van der Waals surface area contributed by atoms with E-state index in [1.165, 1.54) is 18.1 Å². The molecule has 0 aliphatic carbocycles. The van der Waals surface area contributed by atoms with E-state index in [1.54, 1.807) is 13.3 Å². The smallest absolute Gasteiger partial charge is 0.181 e. The zero-order chi connectivity index (χ0) is 10.8. The Morgan fingerprint density at radius 3 is 2.87 bits per heavy atom. The van der Waals surface area contributed by atoms with Gasteiger partial charge in [-0.2, -0.15) is 0 Å². The van der Waals surface area contributed by atoms with E-state index in [9.17, 15) is 5.11 Å². The first kappa shape index (κ1) is 10.4. The van der Waals surface area contributed by atoms with Gasteiger partial charge in [0, 0.05) is 5.25 Å². The highest BCUT2D eigenvalue weighted by Crippen LogP contribution is 2.27. The van der Waals surface area contributed by atoms with Gasteiger partial charge in [-0.1, -0.05) is 18.7 Å².